The SMILES string of the molecule is CSCCC(N)C(=O)NC(Cc1c[nH]c2ccccc12)C(=O)NCC(=O)NC(CO)C(=O)O. The van der Waals surface area contributed by atoms with E-state index in [-0.39, 0.29) is 6.42 Å². The topological polar surface area (TPSA) is 187 Å². The lowest BCUT2D eigenvalue weighted by Gasteiger charge is -2.21. The van der Waals surface area contributed by atoms with Crippen molar-refractivity contribution in [1.29, 1.82) is 0 Å². The highest BCUT2D eigenvalue weighted by molar-refractivity contribution is 7.98. The van der Waals surface area contributed by atoms with Crippen LogP contribution >= 0.6 is 11.8 Å². The maximum absolute atomic E-state index is 12.8. The van der Waals surface area contributed by atoms with Crippen LogP contribution in [-0.2, 0) is 25.6 Å². The van der Waals surface area contributed by atoms with E-state index < -0.39 is 55.0 Å². The van der Waals surface area contributed by atoms with Crippen molar-refractivity contribution < 1.29 is 29.4 Å². The number of para-hydroxylation sites is 1. The standard InChI is InChI=1S/C21H29N5O6S/c1-33-7-6-14(22)19(29)26-16(8-12-9-23-15-5-3-2-4-13(12)15)20(30)24-10-18(28)25-17(11-27)21(31)32/h2-5,9,14,16-17,23,27H,6-8,10-11,22H2,1H3,(H,24,30)(H,25,28)(H,26,29)(H,31,32). The number of H-pyrrole nitrogens is 1. The molecule has 0 spiro atoms. The van der Waals surface area contributed by atoms with Crippen LogP contribution in [0.2, 0.25) is 0 Å². The van der Waals surface area contributed by atoms with E-state index in [2.05, 4.69) is 20.9 Å². The highest BCUT2D eigenvalue weighted by Crippen LogP contribution is 2.19. The van der Waals surface area contributed by atoms with Crippen molar-refractivity contribution in [3.63, 3.8) is 0 Å². The number of aliphatic hydroxyl groups is 1. The van der Waals surface area contributed by atoms with Gasteiger partial charge in [-0.3, -0.25) is 14.4 Å². The van der Waals surface area contributed by atoms with Crippen LogP contribution in [-0.4, -0.2) is 82.2 Å². The highest BCUT2D eigenvalue weighted by atomic mass is 32.2. The van der Waals surface area contributed by atoms with E-state index in [9.17, 15) is 19.2 Å². The minimum absolute atomic E-state index is 0.146. The Bertz CT molecular complexity index is 981. The molecule has 0 fully saturated rings. The smallest absolute Gasteiger partial charge is 0.328 e. The van der Waals surface area contributed by atoms with Crippen LogP contribution < -0.4 is 21.7 Å². The molecule has 0 aliphatic heterocycles. The van der Waals surface area contributed by atoms with Crippen LogP contribution in [0.5, 0.6) is 0 Å². The molecule has 2 rings (SSSR count). The predicted molar refractivity (Wildman–Crippen MR) is 125 cm³/mol. The van der Waals surface area contributed by atoms with Gasteiger partial charge in [-0.05, 0) is 30.1 Å². The Labute approximate surface area is 194 Å². The number of aliphatic hydroxyl groups excluding tert-OH is 1. The number of hydrogen-bond donors (Lipinski definition) is 7. The maximum atomic E-state index is 12.8. The third-order valence-electron chi connectivity index (χ3n) is 4.94. The number of aliphatic carboxylic acids is 1. The minimum Gasteiger partial charge on any atom is -0.480 e. The maximum Gasteiger partial charge on any atom is 0.328 e. The van der Waals surface area contributed by atoms with Gasteiger partial charge in [0, 0.05) is 23.5 Å². The average Bonchev–Trinajstić information content (AvgIpc) is 3.21. The molecule has 3 unspecified atom stereocenters. The Kier molecular flexibility index (Phi) is 10.2. The summed E-state index contributed by atoms with van der Waals surface area (Å²) >= 11 is 1.55. The molecule has 8 N–H and O–H groups in total. The Morgan fingerprint density at radius 2 is 1.85 bits per heavy atom. The number of carbonyl (C=O) groups is 4. The molecule has 0 bridgehead atoms. The summed E-state index contributed by atoms with van der Waals surface area (Å²) in [5.74, 6) is -2.63. The molecular formula is C21H29N5O6S. The predicted octanol–water partition coefficient (Wildman–Crippen LogP) is -1.05. The van der Waals surface area contributed by atoms with E-state index in [1.807, 2.05) is 30.5 Å². The van der Waals surface area contributed by atoms with Gasteiger partial charge >= 0.3 is 5.97 Å². The molecule has 12 heteroatoms. The number of amides is 3. The molecule has 11 nitrogen and oxygen atoms in total. The van der Waals surface area contributed by atoms with Crippen molar-refractivity contribution in [2.45, 2.75) is 31.0 Å². The number of carboxylic acids is 1. The zero-order valence-corrected chi connectivity index (χ0v) is 19.0. The van der Waals surface area contributed by atoms with E-state index in [0.717, 1.165) is 16.5 Å². The van der Waals surface area contributed by atoms with Crippen molar-refractivity contribution in [2.75, 3.05) is 25.2 Å². The number of carboxylic acid groups (broad SMARTS) is 1. The van der Waals surface area contributed by atoms with Gasteiger partial charge in [0.2, 0.25) is 17.7 Å². The summed E-state index contributed by atoms with van der Waals surface area (Å²) in [5, 5.41) is 26.0. The minimum atomic E-state index is -1.48. The Morgan fingerprint density at radius 3 is 2.52 bits per heavy atom. The molecule has 1 aromatic carbocycles. The largest absolute Gasteiger partial charge is 0.480 e. The molecule has 0 aliphatic rings. The number of nitrogens with two attached hydrogens (primary N) is 1. The lowest BCUT2D eigenvalue weighted by Crippen LogP contribution is -2.54. The quantitative estimate of drug-likeness (QED) is 0.190. The second-order valence-corrected chi connectivity index (χ2v) is 8.36. The Hall–Kier alpha value is -3.09. The molecule has 2 aromatic rings. The fourth-order valence-electron chi connectivity index (χ4n) is 3.11. The second-order valence-electron chi connectivity index (χ2n) is 7.37. The molecule has 3 amide bonds. The van der Waals surface area contributed by atoms with Crippen molar-refractivity contribution in [2.24, 2.45) is 5.73 Å². The molecule has 180 valence electrons. The number of thioether (sulfide) groups is 1. The third-order valence-corrected chi connectivity index (χ3v) is 5.58. The number of fused-ring (bicyclic) bond motifs is 1. The van der Waals surface area contributed by atoms with Crippen LogP contribution in [0, 0.1) is 0 Å². The highest BCUT2D eigenvalue weighted by Gasteiger charge is 2.26. The normalized spacial score (nSPS) is 13.7. The number of carbonyl (C=O) groups excluding carboxylic acids is 3. The van der Waals surface area contributed by atoms with Crippen LogP contribution in [0.3, 0.4) is 0 Å². The summed E-state index contributed by atoms with van der Waals surface area (Å²) in [5.41, 5.74) is 7.59. The van der Waals surface area contributed by atoms with Crippen molar-refractivity contribution >= 4 is 46.4 Å². The third kappa shape index (κ3) is 7.77. The zero-order valence-electron chi connectivity index (χ0n) is 18.2. The zero-order chi connectivity index (χ0) is 24.4. The van der Waals surface area contributed by atoms with Crippen LogP contribution in [0.1, 0.15) is 12.0 Å². The van der Waals surface area contributed by atoms with E-state index in [0.29, 0.717) is 12.2 Å². The first-order chi connectivity index (χ1) is 15.8. The molecule has 0 aliphatic carbocycles. The number of aromatic nitrogens is 1. The van der Waals surface area contributed by atoms with Crippen molar-refractivity contribution in [1.82, 2.24) is 20.9 Å². The summed E-state index contributed by atoms with van der Waals surface area (Å²) in [6, 6.07) is 4.21. The van der Waals surface area contributed by atoms with Gasteiger partial charge in [-0.2, -0.15) is 11.8 Å². The number of nitrogens with one attached hydrogen (secondary N) is 4. The van der Waals surface area contributed by atoms with Gasteiger partial charge in [-0.15, -0.1) is 0 Å². The first kappa shape index (κ1) is 26.2. The lowest BCUT2D eigenvalue weighted by atomic mass is 10.0. The molecule has 1 aromatic heterocycles. The molecule has 1 heterocycles. The van der Waals surface area contributed by atoms with Crippen molar-refractivity contribution in [3.8, 4) is 0 Å². The van der Waals surface area contributed by atoms with Gasteiger partial charge in [-0.1, -0.05) is 18.2 Å². The van der Waals surface area contributed by atoms with Crippen LogP contribution in [0.15, 0.2) is 30.5 Å². The molecule has 0 radical (unpaired) electrons. The van der Waals surface area contributed by atoms with Gasteiger partial charge < -0.3 is 36.9 Å². The average molecular weight is 480 g/mol. The fraction of sp³-hybridized carbons (Fsp3) is 0.429. The Balaban J connectivity index is 2.10. The summed E-state index contributed by atoms with van der Waals surface area (Å²) < 4.78 is 0. The molecule has 0 saturated carbocycles. The molecule has 33 heavy (non-hydrogen) atoms. The number of rotatable bonds is 13. The number of benzene rings is 1. The van der Waals surface area contributed by atoms with Crippen LogP contribution in [0.25, 0.3) is 10.9 Å². The molecule has 3 atom stereocenters. The first-order valence-corrected chi connectivity index (χ1v) is 11.7. The van der Waals surface area contributed by atoms with Gasteiger partial charge in [0.15, 0.2) is 0 Å². The Morgan fingerprint density at radius 1 is 1.12 bits per heavy atom. The second kappa shape index (κ2) is 12.8. The van der Waals surface area contributed by atoms with E-state index in [4.69, 9.17) is 15.9 Å². The van der Waals surface area contributed by atoms with Gasteiger partial charge in [0.1, 0.15) is 12.1 Å². The summed E-state index contributed by atoms with van der Waals surface area (Å²) in [4.78, 5) is 51.4. The van der Waals surface area contributed by atoms with E-state index in [1.54, 1.807) is 18.0 Å². The van der Waals surface area contributed by atoms with Gasteiger partial charge in [0.05, 0.1) is 19.2 Å². The van der Waals surface area contributed by atoms with E-state index in [1.165, 1.54) is 0 Å². The number of hydrogen-bond acceptors (Lipinski definition) is 7. The number of aromatic amines is 1. The van der Waals surface area contributed by atoms with Crippen LogP contribution in [0.4, 0.5) is 0 Å². The van der Waals surface area contributed by atoms with E-state index >= 15 is 0 Å². The summed E-state index contributed by atoms with van der Waals surface area (Å²) in [7, 11) is 0. The first-order valence-electron chi connectivity index (χ1n) is 10.3. The van der Waals surface area contributed by atoms with Crippen molar-refractivity contribution in [3.05, 3.63) is 36.0 Å². The lowest BCUT2D eigenvalue weighted by molar-refractivity contribution is -0.142. The molecular weight excluding hydrogens is 450 g/mol. The monoisotopic (exact) mass is 479 g/mol. The molecule has 0 saturated heterocycles. The summed E-state index contributed by atoms with van der Waals surface area (Å²) in [6.07, 6.45) is 4.23. The van der Waals surface area contributed by atoms with Gasteiger partial charge in [-0.25, -0.2) is 4.79 Å². The summed E-state index contributed by atoms with van der Waals surface area (Å²) in [6.45, 7) is -1.32. The van der Waals surface area contributed by atoms with Gasteiger partial charge in [0.25, 0.3) is 0 Å². The fourth-order valence-corrected chi connectivity index (χ4v) is 3.60.